The number of aromatic nitrogens is 3. The van der Waals surface area contributed by atoms with Gasteiger partial charge < -0.3 is 14.5 Å². The minimum absolute atomic E-state index is 0.159. The van der Waals surface area contributed by atoms with Crippen LogP contribution >= 0.6 is 0 Å². The van der Waals surface area contributed by atoms with Gasteiger partial charge in [-0.05, 0) is 80.1 Å². The molecular weight excluding hydrogens is 428 g/mol. The molecule has 34 heavy (non-hydrogen) atoms. The van der Waals surface area contributed by atoms with Crippen LogP contribution in [0.15, 0.2) is 71.3 Å². The molecule has 1 amide bonds. The maximum absolute atomic E-state index is 12.6. The molecule has 2 heterocycles. The van der Waals surface area contributed by atoms with E-state index in [2.05, 4.69) is 20.5 Å². The van der Waals surface area contributed by atoms with Gasteiger partial charge in [0, 0.05) is 35.5 Å². The first kappa shape index (κ1) is 21.8. The number of hydrogen-bond donors (Lipinski definition) is 1. The van der Waals surface area contributed by atoms with Crippen molar-refractivity contribution < 1.29 is 13.9 Å². The van der Waals surface area contributed by atoms with Gasteiger partial charge in [0.25, 0.3) is 5.91 Å². The molecule has 7 nitrogen and oxygen atoms in total. The summed E-state index contributed by atoms with van der Waals surface area (Å²) < 4.78 is 11.8. The van der Waals surface area contributed by atoms with Crippen molar-refractivity contribution in [2.75, 3.05) is 0 Å². The molecule has 1 saturated carbocycles. The van der Waals surface area contributed by atoms with Crippen molar-refractivity contribution in [3.63, 3.8) is 0 Å². The van der Waals surface area contributed by atoms with Crippen LogP contribution in [0.1, 0.15) is 47.2 Å². The number of ether oxygens (including phenoxy) is 1. The summed E-state index contributed by atoms with van der Waals surface area (Å²) in [5.41, 5.74) is 4.23. The number of pyridine rings is 1. The molecule has 5 rings (SSSR count). The highest BCUT2D eigenvalue weighted by molar-refractivity contribution is 5.94. The van der Waals surface area contributed by atoms with Crippen molar-refractivity contribution in [2.45, 2.75) is 45.3 Å². The Labute approximate surface area is 198 Å². The van der Waals surface area contributed by atoms with Crippen LogP contribution in [0.25, 0.3) is 22.9 Å². The Morgan fingerprint density at radius 1 is 1.03 bits per heavy atom. The second-order valence-electron chi connectivity index (χ2n) is 8.51. The normalized spacial score (nSPS) is 13.7. The van der Waals surface area contributed by atoms with Crippen LogP contribution in [0.3, 0.4) is 0 Å². The molecule has 172 valence electrons. The van der Waals surface area contributed by atoms with E-state index in [0.717, 1.165) is 35.1 Å². The van der Waals surface area contributed by atoms with Gasteiger partial charge in [0.15, 0.2) is 0 Å². The first-order valence-corrected chi connectivity index (χ1v) is 11.6. The van der Waals surface area contributed by atoms with E-state index in [1.165, 1.54) is 12.8 Å². The van der Waals surface area contributed by atoms with Gasteiger partial charge in [0.05, 0.1) is 0 Å². The highest BCUT2D eigenvalue weighted by Crippen LogP contribution is 2.26. The largest absolute Gasteiger partial charge is 0.474 e. The van der Waals surface area contributed by atoms with Crippen molar-refractivity contribution in [3.05, 3.63) is 83.6 Å². The molecule has 0 saturated heterocycles. The van der Waals surface area contributed by atoms with Gasteiger partial charge in [-0.3, -0.25) is 4.79 Å². The molecule has 0 radical (unpaired) electrons. The topological polar surface area (TPSA) is 90.1 Å². The molecule has 0 bridgehead atoms. The molecule has 1 fully saturated rings. The Morgan fingerprint density at radius 3 is 2.59 bits per heavy atom. The number of nitrogens with one attached hydrogen (secondary N) is 1. The van der Waals surface area contributed by atoms with Gasteiger partial charge in [-0.1, -0.05) is 18.2 Å². The summed E-state index contributed by atoms with van der Waals surface area (Å²) in [6.45, 7) is 2.40. The fourth-order valence-corrected chi connectivity index (χ4v) is 4.11. The minimum atomic E-state index is -0.159. The maximum atomic E-state index is 12.6. The Hall–Kier alpha value is -4.00. The lowest BCUT2D eigenvalue weighted by atomic mass is 10.1. The zero-order valence-corrected chi connectivity index (χ0v) is 19.0. The average molecular weight is 455 g/mol. The Morgan fingerprint density at radius 2 is 1.79 bits per heavy atom. The summed E-state index contributed by atoms with van der Waals surface area (Å²) in [4.78, 5) is 16.9. The highest BCUT2D eigenvalue weighted by atomic mass is 16.5. The number of carbonyl (C=O) groups excluding carboxylic acids is 1. The lowest BCUT2D eigenvalue weighted by Crippen LogP contribution is -2.22. The van der Waals surface area contributed by atoms with E-state index in [-0.39, 0.29) is 12.0 Å². The fourth-order valence-electron chi connectivity index (χ4n) is 4.11. The van der Waals surface area contributed by atoms with E-state index in [1.54, 1.807) is 18.3 Å². The Bertz CT molecular complexity index is 1280. The highest BCUT2D eigenvalue weighted by Gasteiger charge is 2.17. The van der Waals surface area contributed by atoms with Crippen molar-refractivity contribution in [1.29, 1.82) is 0 Å². The molecule has 4 aromatic rings. The van der Waals surface area contributed by atoms with E-state index >= 15 is 0 Å². The van der Waals surface area contributed by atoms with Gasteiger partial charge in [0.1, 0.15) is 6.10 Å². The minimum Gasteiger partial charge on any atom is -0.474 e. The second kappa shape index (κ2) is 9.87. The lowest BCUT2D eigenvalue weighted by molar-refractivity contribution is 0.0950. The standard InChI is InChI=1S/C27H26N4O3/c1-18-6-2-5-9-23(18)27-31-30-26(34-27)21-12-10-20(11-13-21)25(32)29-17-19-14-15-28-24(16-19)33-22-7-3-4-8-22/h2,5-6,9-16,22H,3-4,7-8,17H2,1H3,(H,29,32). The molecule has 1 N–H and O–H groups in total. The van der Waals surface area contributed by atoms with Crippen LogP contribution in [-0.4, -0.2) is 27.2 Å². The van der Waals surface area contributed by atoms with Crippen LogP contribution in [0, 0.1) is 6.92 Å². The van der Waals surface area contributed by atoms with Gasteiger partial charge in [-0.2, -0.15) is 0 Å². The summed E-state index contributed by atoms with van der Waals surface area (Å²) in [6, 6.07) is 18.8. The molecular formula is C27H26N4O3. The first-order chi connectivity index (χ1) is 16.7. The Kier molecular flexibility index (Phi) is 6.33. The molecule has 0 atom stereocenters. The number of rotatable bonds is 7. The number of hydrogen-bond acceptors (Lipinski definition) is 6. The van der Waals surface area contributed by atoms with Crippen LogP contribution in [0.4, 0.5) is 0 Å². The molecule has 0 aliphatic heterocycles. The van der Waals surface area contributed by atoms with Crippen LogP contribution < -0.4 is 10.1 Å². The van der Waals surface area contributed by atoms with Crippen LogP contribution in [0.5, 0.6) is 5.88 Å². The second-order valence-corrected chi connectivity index (χ2v) is 8.51. The summed E-state index contributed by atoms with van der Waals surface area (Å²) in [5.74, 6) is 1.35. The molecule has 2 aromatic heterocycles. The van der Waals surface area contributed by atoms with E-state index in [1.807, 2.05) is 55.5 Å². The molecule has 1 aliphatic rings. The van der Waals surface area contributed by atoms with E-state index < -0.39 is 0 Å². The molecule has 0 spiro atoms. The smallest absolute Gasteiger partial charge is 0.251 e. The quantitative estimate of drug-likeness (QED) is 0.404. The van der Waals surface area contributed by atoms with Crippen LogP contribution in [0.2, 0.25) is 0 Å². The predicted molar refractivity (Wildman–Crippen MR) is 128 cm³/mol. The fraction of sp³-hybridized carbons (Fsp3) is 0.259. The summed E-state index contributed by atoms with van der Waals surface area (Å²) in [7, 11) is 0. The maximum Gasteiger partial charge on any atom is 0.251 e. The number of nitrogens with zero attached hydrogens (tertiary/aromatic N) is 3. The summed E-state index contributed by atoms with van der Waals surface area (Å²) >= 11 is 0. The van der Waals surface area contributed by atoms with E-state index in [9.17, 15) is 4.79 Å². The summed E-state index contributed by atoms with van der Waals surface area (Å²) in [6.07, 6.45) is 6.54. The predicted octanol–water partition coefficient (Wildman–Crippen LogP) is 5.36. The van der Waals surface area contributed by atoms with E-state index in [4.69, 9.17) is 9.15 Å². The molecule has 1 aliphatic carbocycles. The number of benzene rings is 2. The molecule has 7 heteroatoms. The number of amides is 1. The third-order valence-corrected chi connectivity index (χ3v) is 6.04. The first-order valence-electron chi connectivity index (χ1n) is 11.6. The van der Waals surface area contributed by atoms with Crippen molar-refractivity contribution >= 4 is 5.91 Å². The zero-order valence-electron chi connectivity index (χ0n) is 19.0. The lowest BCUT2D eigenvalue weighted by Gasteiger charge is -2.13. The third kappa shape index (κ3) is 4.98. The average Bonchev–Trinajstić information content (AvgIpc) is 3.56. The van der Waals surface area contributed by atoms with Gasteiger partial charge in [-0.25, -0.2) is 4.98 Å². The van der Waals surface area contributed by atoms with Crippen molar-refractivity contribution in [3.8, 4) is 28.8 Å². The van der Waals surface area contributed by atoms with Crippen molar-refractivity contribution in [2.24, 2.45) is 0 Å². The number of carbonyl (C=O) groups is 1. The SMILES string of the molecule is Cc1ccccc1-c1nnc(-c2ccc(C(=O)NCc3ccnc(OC4CCCC4)c3)cc2)o1. The summed E-state index contributed by atoms with van der Waals surface area (Å²) in [5, 5.41) is 11.3. The van der Waals surface area contributed by atoms with Gasteiger partial charge >= 0.3 is 0 Å². The zero-order chi connectivity index (χ0) is 23.3. The number of aryl methyl sites for hydroxylation is 1. The third-order valence-electron chi connectivity index (χ3n) is 6.04. The van der Waals surface area contributed by atoms with Gasteiger partial charge in [-0.15, -0.1) is 10.2 Å². The van der Waals surface area contributed by atoms with Gasteiger partial charge in [0.2, 0.25) is 17.7 Å². The van der Waals surface area contributed by atoms with Crippen molar-refractivity contribution in [1.82, 2.24) is 20.5 Å². The molecule has 0 unspecified atom stereocenters. The monoisotopic (exact) mass is 454 g/mol. The van der Waals surface area contributed by atoms with Crippen LogP contribution in [-0.2, 0) is 6.54 Å². The Balaban J connectivity index is 1.20. The van der Waals surface area contributed by atoms with E-state index in [0.29, 0.717) is 29.8 Å². The molecule has 2 aromatic carbocycles.